The van der Waals surface area contributed by atoms with Gasteiger partial charge in [-0.25, -0.2) is 13.2 Å². The maximum absolute atomic E-state index is 12.7. The molecule has 2 aromatic carbocycles. The molecule has 146 valence electrons. The van der Waals surface area contributed by atoms with Crippen molar-refractivity contribution in [3.63, 3.8) is 0 Å². The number of carbonyl (C=O) groups is 1. The highest BCUT2D eigenvalue weighted by atomic mass is 79.9. The highest BCUT2D eigenvalue weighted by molar-refractivity contribution is 9.10. The van der Waals surface area contributed by atoms with Gasteiger partial charge in [0.15, 0.2) is 9.84 Å². The number of anilines is 1. The first-order chi connectivity index (χ1) is 12.4. The van der Waals surface area contributed by atoms with Gasteiger partial charge in [-0.3, -0.25) is 4.90 Å². The molecule has 0 fully saturated rings. The number of hydrogen-bond donors (Lipinski definition) is 0. The summed E-state index contributed by atoms with van der Waals surface area (Å²) in [6, 6.07) is 8.37. The Bertz CT molecular complexity index is 997. The zero-order chi connectivity index (χ0) is 20.4. The second-order valence-corrected chi connectivity index (χ2v) is 10.1. The van der Waals surface area contributed by atoms with Gasteiger partial charge in [-0.1, -0.05) is 29.8 Å². The van der Waals surface area contributed by atoms with Crippen LogP contribution in [0.4, 0.5) is 10.5 Å². The van der Waals surface area contributed by atoms with Crippen LogP contribution in [0, 0.1) is 0 Å². The van der Waals surface area contributed by atoms with E-state index in [1.807, 2.05) is 0 Å². The van der Waals surface area contributed by atoms with Crippen molar-refractivity contribution in [1.82, 2.24) is 0 Å². The third-order valence-corrected chi connectivity index (χ3v) is 5.74. The second kappa shape index (κ2) is 8.20. The SMILES string of the molecule is CC(C)(C)OC(=O)N(CC=CCl)c1ccc2cc(S(C)(=O)=O)ccc2c1Br. The van der Waals surface area contributed by atoms with Crippen molar-refractivity contribution in [2.75, 3.05) is 17.7 Å². The molecule has 0 aliphatic carbocycles. The van der Waals surface area contributed by atoms with Gasteiger partial charge in [-0.05, 0) is 65.7 Å². The smallest absolute Gasteiger partial charge is 0.415 e. The Labute approximate surface area is 173 Å². The fourth-order valence-electron chi connectivity index (χ4n) is 2.43. The number of amides is 1. The number of nitrogens with zero attached hydrogens (tertiary/aromatic N) is 1. The van der Waals surface area contributed by atoms with Gasteiger partial charge in [-0.2, -0.15) is 0 Å². The van der Waals surface area contributed by atoms with E-state index < -0.39 is 21.5 Å². The van der Waals surface area contributed by atoms with Crippen molar-refractivity contribution in [2.24, 2.45) is 0 Å². The normalized spacial score (nSPS) is 12.5. The van der Waals surface area contributed by atoms with Crippen molar-refractivity contribution >= 4 is 59.9 Å². The van der Waals surface area contributed by atoms with E-state index in [1.165, 1.54) is 16.7 Å². The monoisotopic (exact) mass is 473 g/mol. The Balaban J connectivity index is 2.55. The summed E-state index contributed by atoms with van der Waals surface area (Å²) in [6.45, 7) is 5.61. The molecular formula is C19H21BrClNO4S. The molecule has 0 aromatic heterocycles. The van der Waals surface area contributed by atoms with Gasteiger partial charge < -0.3 is 4.74 Å². The van der Waals surface area contributed by atoms with Crippen LogP contribution < -0.4 is 4.90 Å². The summed E-state index contributed by atoms with van der Waals surface area (Å²) in [5, 5.41) is 1.52. The van der Waals surface area contributed by atoms with Gasteiger partial charge in [0.05, 0.1) is 10.6 Å². The lowest BCUT2D eigenvalue weighted by molar-refractivity contribution is 0.0584. The van der Waals surface area contributed by atoms with Crippen LogP contribution in [0.25, 0.3) is 10.8 Å². The zero-order valence-corrected chi connectivity index (χ0v) is 18.7. The van der Waals surface area contributed by atoms with Crippen LogP contribution in [0.2, 0.25) is 0 Å². The summed E-state index contributed by atoms with van der Waals surface area (Å²) in [4.78, 5) is 14.4. The number of carbonyl (C=O) groups excluding carboxylic acids is 1. The summed E-state index contributed by atoms with van der Waals surface area (Å²) >= 11 is 9.18. The van der Waals surface area contributed by atoms with Crippen molar-refractivity contribution in [3.8, 4) is 0 Å². The molecule has 2 rings (SSSR count). The number of benzene rings is 2. The summed E-state index contributed by atoms with van der Waals surface area (Å²) in [6.07, 6.45) is 2.29. The lowest BCUT2D eigenvalue weighted by atomic mass is 10.1. The Morgan fingerprint density at radius 1 is 1.26 bits per heavy atom. The molecule has 0 heterocycles. The van der Waals surface area contributed by atoms with E-state index in [-0.39, 0.29) is 11.4 Å². The summed E-state index contributed by atoms with van der Waals surface area (Å²) in [5.74, 6) is 0. The standard InChI is InChI=1S/C19H21BrClNO4S/c1-19(2,3)26-18(23)22(11-5-10-21)16-9-6-13-12-14(27(4,24)25)7-8-15(13)17(16)20/h5-10,12H,11H2,1-4H3. The Morgan fingerprint density at radius 3 is 2.48 bits per heavy atom. The summed E-state index contributed by atoms with van der Waals surface area (Å²) in [5.41, 5.74) is 1.29. The number of sulfone groups is 1. The van der Waals surface area contributed by atoms with Gasteiger partial charge >= 0.3 is 6.09 Å². The predicted molar refractivity (Wildman–Crippen MR) is 113 cm³/mol. The minimum absolute atomic E-state index is 0.226. The van der Waals surface area contributed by atoms with Crippen LogP contribution in [-0.2, 0) is 14.6 Å². The van der Waals surface area contributed by atoms with Crippen LogP contribution in [-0.4, -0.2) is 32.9 Å². The molecule has 0 saturated carbocycles. The summed E-state index contributed by atoms with van der Waals surface area (Å²) in [7, 11) is -3.30. The third kappa shape index (κ3) is 5.46. The van der Waals surface area contributed by atoms with E-state index >= 15 is 0 Å². The first-order valence-electron chi connectivity index (χ1n) is 8.12. The largest absolute Gasteiger partial charge is 0.443 e. The van der Waals surface area contributed by atoms with E-state index in [0.717, 1.165) is 10.8 Å². The highest BCUT2D eigenvalue weighted by Gasteiger charge is 2.25. The highest BCUT2D eigenvalue weighted by Crippen LogP contribution is 2.35. The number of halogens is 2. The van der Waals surface area contributed by atoms with Gasteiger partial charge in [0, 0.05) is 22.8 Å². The van der Waals surface area contributed by atoms with E-state index in [9.17, 15) is 13.2 Å². The maximum atomic E-state index is 12.7. The molecule has 0 spiro atoms. The van der Waals surface area contributed by atoms with E-state index in [4.69, 9.17) is 16.3 Å². The van der Waals surface area contributed by atoms with Crippen LogP contribution in [0.3, 0.4) is 0 Å². The fraction of sp³-hybridized carbons (Fsp3) is 0.316. The second-order valence-electron chi connectivity index (χ2n) is 7.01. The van der Waals surface area contributed by atoms with Gasteiger partial charge in [0.25, 0.3) is 0 Å². The fourth-order valence-corrected chi connectivity index (χ4v) is 3.87. The molecule has 0 unspecified atom stereocenters. The van der Waals surface area contributed by atoms with Gasteiger partial charge in [0.1, 0.15) is 5.60 Å². The van der Waals surface area contributed by atoms with Crippen LogP contribution in [0.5, 0.6) is 0 Å². The van der Waals surface area contributed by atoms with Crippen LogP contribution in [0.15, 0.2) is 51.3 Å². The molecule has 0 radical (unpaired) electrons. The average Bonchev–Trinajstić information content (AvgIpc) is 2.54. The van der Waals surface area contributed by atoms with E-state index in [1.54, 1.807) is 57.2 Å². The number of ether oxygens (including phenoxy) is 1. The molecule has 0 saturated heterocycles. The number of hydrogen-bond acceptors (Lipinski definition) is 4. The molecule has 1 amide bonds. The quantitative estimate of drug-likeness (QED) is 0.587. The van der Waals surface area contributed by atoms with Crippen LogP contribution in [0.1, 0.15) is 20.8 Å². The van der Waals surface area contributed by atoms with Crippen molar-refractivity contribution in [3.05, 3.63) is 46.4 Å². The van der Waals surface area contributed by atoms with Crippen LogP contribution >= 0.6 is 27.5 Å². The lowest BCUT2D eigenvalue weighted by Crippen LogP contribution is -2.37. The average molecular weight is 475 g/mol. The lowest BCUT2D eigenvalue weighted by Gasteiger charge is -2.27. The predicted octanol–water partition coefficient (Wildman–Crippen LogP) is 5.50. The molecule has 0 aliphatic heterocycles. The van der Waals surface area contributed by atoms with Gasteiger partial charge in [0.2, 0.25) is 0 Å². The Morgan fingerprint density at radius 2 is 1.93 bits per heavy atom. The Kier molecular flexibility index (Phi) is 6.60. The topological polar surface area (TPSA) is 63.7 Å². The molecule has 27 heavy (non-hydrogen) atoms. The van der Waals surface area contributed by atoms with Crippen molar-refractivity contribution in [1.29, 1.82) is 0 Å². The minimum Gasteiger partial charge on any atom is -0.443 e. The molecule has 0 aliphatic rings. The number of rotatable bonds is 4. The first kappa shape index (κ1) is 21.7. The van der Waals surface area contributed by atoms with E-state index in [0.29, 0.717) is 10.2 Å². The Hall–Kier alpha value is -1.57. The van der Waals surface area contributed by atoms with E-state index in [2.05, 4.69) is 15.9 Å². The zero-order valence-electron chi connectivity index (χ0n) is 15.5. The molecule has 0 atom stereocenters. The third-order valence-electron chi connectivity index (χ3n) is 3.62. The minimum atomic E-state index is -3.30. The molecule has 8 heteroatoms. The molecular weight excluding hydrogens is 454 g/mol. The van der Waals surface area contributed by atoms with Crippen molar-refractivity contribution < 1.29 is 17.9 Å². The summed E-state index contributed by atoms with van der Waals surface area (Å²) < 4.78 is 29.7. The first-order valence-corrected chi connectivity index (χ1v) is 11.2. The number of fused-ring (bicyclic) bond motifs is 1. The maximum Gasteiger partial charge on any atom is 0.415 e. The molecule has 5 nitrogen and oxygen atoms in total. The molecule has 2 aromatic rings. The molecule has 0 bridgehead atoms. The van der Waals surface area contributed by atoms with Gasteiger partial charge in [-0.15, -0.1) is 0 Å². The molecule has 0 N–H and O–H groups in total. The van der Waals surface area contributed by atoms with Crippen molar-refractivity contribution in [2.45, 2.75) is 31.3 Å².